The first-order valence-corrected chi connectivity index (χ1v) is 4.97. The molecule has 1 rings (SSSR count). The highest BCUT2D eigenvalue weighted by atomic mass is 19.4. The number of carbonyl (C=O) groups excluding carboxylic acids is 1. The van der Waals surface area contributed by atoms with Crippen LogP contribution in [0.15, 0.2) is 31.0 Å². The molecule has 0 bridgehead atoms. The largest absolute Gasteiger partial charge is 0.468 e. The first-order chi connectivity index (χ1) is 8.42. The third-order valence-electron chi connectivity index (χ3n) is 1.79. The number of hydrogen-bond acceptors (Lipinski definition) is 3. The third-order valence-corrected chi connectivity index (χ3v) is 1.79. The van der Waals surface area contributed by atoms with Gasteiger partial charge in [0.05, 0.1) is 5.56 Å². The van der Waals surface area contributed by atoms with Crippen molar-refractivity contribution in [3.63, 3.8) is 0 Å². The first kappa shape index (κ1) is 14.0. The zero-order valence-corrected chi connectivity index (χ0v) is 9.33. The van der Waals surface area contributed by atoms with Crippen molar-refractivity contribution in [2.45, 2.75) is 6.18 Å². The van der Waals surface area contributed by atoms with Gasteiger partial charge in [0.15, 0.2) is 6.61 Å². The molecule has 1 N–H and O–H groups in total. The van der Waals surface area contributed by atoms with E-state index in [0.29, 0.717) is 6.54 Å². The van der Waals surface area contributed by atoms with Gasteiger partial charge in [-0.15, -0.1) is 6.58 Å². The van der Waals surface area contributed by atoms with Crippen LogP contribution in [0.2, 0.25) is 0 Å². The lowest BCUT2D eigenvalue weighted by atomic mass is 10.2. The second-order valence-electron chi connectivity index (χ2n) is 3.29. The lowest BCUT2D eigenvalue weighted by Crippen LogP contribution is -2.23. The van der Waals surface area contributed by atoms with Gasteiger partial charge >= 0.3 is 6.18 Å². The maximum atomic E-state index is 11.9. The fraction of sp³-hybridized carbons (Fsp3) is 0.273. The van der Waals surface area contributed by atoms with Crippen LogP contribution < -0.4 is 10.1 Å². The van der Waals surface area contributed by atoms with Gasteiger partial charge in [0.1, 0.15) is 0 Å². The number of nitrogens with zero attached hydrogens (tertiary/aromatic N) is 1. The van der Waals surface area contributed by atoms with Gasteiger partial charge < -0.3 is 10.1 Å². The SMILES string of the molecule is C=CCNC(=O)c1ccc(OCC(F)(F)F)nc1. The molecule has 0 saturated carbocycles. The topological polar surface area (TPSA) is 51.2 Å². The minimum absolute atomic E-state index is 0.187. The van der Waals surface area contributed by atoms with Crippen LogP contribution in [0.3, 0.4) is 0 Å². The molecule has 0 aliphatic rings. The molecular formula is C11H11F3N2O2. The Hall–Kier alpha value is -2.05. The van der Waals surface area contributed by atoms with Crippen LogP contribution in [0.4, 0.5) is 13.2 Å². The molecule has 0 aromatic carbocycles. The average Bonchev–Trinajstić information content (AvgIpc) is 2.33. The van der Waals surface area contributed by atoms with Crippen LogP contribution in [-0.4, -0.2) is 30.2 Å². The highest BCUT2D eigenvalue weighted by molar-refractivity contribution is 5.93. The second kappa shape index (κ2) is 6.04. The van der Waals surface area contributed by atoms with Crippen molar-refractivity contribution in [2.24, 2.45) is 0 Å². The number of amides is 1. The van der Waals surface area contributed by atoms with Crippen molar-refractivity contribution >= 4 is 5.91 Å². The van der Waals surface area contributed by atoms with Crippen molar-refractivity contribution in [1.29, 1.82) is 0 Å². The Morgan fingerprint density at radius 3 is 2.72 bits per heavy atom. The maximum absolute atomic E-state index is 11.9. The number of hydrogen-bond donors (Lipinski definition) is 1. The number of alkyl halides is 3. The van der Waals surface area contributed by atoms with Gasteiger partial charge in [0.2, 0.25) is 5.88 Å². The van der Waals surface area contributed by atoms with Crippen LogP contribution in [0.25, 0.3) is 0 Å². The minimum atomic E-state index is -4.41. The predicted octanol–water partition coefficient (Wildman–Crippen LogP) is 1.94. The molecule has 1 heterocycles. The van der Waals surface area contributed by atoms with Gasteiger partial charge in [-0.3, -0.25) is 4.79 Å². The fourth-order valence-electron chi connectivity index (χ4n) is 1.02. The Labute approximate surface area is 101 Å². The van der Waals surface area contributed by atoms with E-state index in [2.05, 4.69) is 21.6 Å². The number of rotatable bonds is 5. The molecule has 0 fully saturated rings. The van der Waals surface area contributed by atoms with Crippen molar-refractivity contribution < 1.29 is 22.7 Å². The van der Waals surface area contributed by atoms with Crippen molar-refractivity contribution in [1.82, 2.24) is 10.3 Å². The van der Waals surface area contributed by atoms with Crippen LogP contribution in [0.5, 0.6) is 5.88 Å². The van der Waals surface area contributed by atoms with E-state index >= 15 is 0 Å². The van der Waals surface area contributed by atoms with Gasteiger partial charge in [0, 0.05) is 18.8 Å². The van der Waals surface area contributed by atoms with E-state index < -0.39 is 12.8 Å². The molecule has 18 heavy (non-hydrogen) atoms. The van der Waals surface area contributed by atoms with E-state index in [9.17, 15) is 18.0 Å². The van der Waals surface area contributed by atoms with E-state index in [0.717, 1.165) is 6.20 Å². The zero-order chi connectivity index (χ0) is 13.6. The van der Waals surface area contributed by atoms with Gasteiger partial charge in [-0.05, 0) is 6.07 Å². The Morgan fingerprint density at radius 1 is 1.50 bits per heavy atom. The Balaban J connectivity index is 2.57. The number of nitrogens with one attached hydrogen (secondary N) is 1. The molecule has 1 amide bonds. The zero-order valence-electron chi connectivity index (χ0n) is 9.33. The summed E-state index contributed by atoms with van der Waals surface area (Å²) >= 11 is 0. The molecule has 98 valence electrons. The Morgan fingerprint density at radius 2 is 2.22 bits per heavy atom. The fourth-order valence-corrected chi connectivity index (χ4v) is 1.02. The summed E-state index contributed by atoms with van der Waals surface area (Å²) in [5, 5.41) is 2.51. The lowest BCUT2D eigenvalue weighted by Gasteiger charge is -2.08. The molecule has 1 aromatic rings. The van der Waals surface area contributed by atoms with Crippen LogP contribution in [0.1, 0.15) is 10.4 Å². The molecular weight excluding hydrogens is 249 g/mol. The van der Waals surface area contributed by atoms with Gasteiger partial charge in [-0.2, -0.15) is 13.2 Å². The summed E-state index contributed by atoms with van der Waals surface area (Å²) in [5.41, 5.74) is 0.233. The van der Waals surface area contributed by atoms with E-state index in [4.69, 9.17) is 0 Å². The van der Waals surface area contributed by atoms with Crippen molar-refractivity contribution in [3.8, 4) is 5.88 Å². The summed E-state index contributed by atoms with van der Waals surface area (Å²) in [4.78, 5) is 15.0. The molecule has 0 radical (unpaired) electrons. The smallest absolute Gasteiger partial charge is 0.422 e. The molecule has 0 atom stereocenters. The molecule has 4 nitrogen and oxygen atoms in total. The molecule has 0 aliphatic heterocycles. The van der Waals surface area contributed by atoms with E-state index in [1.807, 2.05) is 0 Å². The summed E-state index contributed by atoms with van der Waals surface area (Å²) in [5.74, 6) is -0.572. The third kappa shape index (κ3) is 4.86. The van der Waals surface area contributed by atoms with Gasteiger partial charge in [0.25, 0.3) is 5.91 Å². The number of halogens is 3. The Kier molecular flexibility index (Phi) is 4.70. The molecule has 0 aliphatic carbocycles. The number of carbonyl (C=O) groups is 1. The van der Waals surface area contributed by atoms with Crippen LogP contribution >= 0.6 is 0 Å². The molecule has 1 aromatic heterocycles. The summed E-state index contributed by atoms with van der Waals surface area (Å²) in [7, 11) is 0. The number of ether oxygens (including phenoxy) is 1. The molecule has 0 unspecified atom stereocenters. The van der Waals surface area contributed by atoms with Gasteiger partial charge in [-0.25, -0.2) is 4.98 Å². The van der Waals surface area contributed by atoms with Gasteiger partial charge in [-0.1, -0.05) is 6.08 Å². The first-order valence-electron chi connectivity index (χ1n) is 4.97. The van der Waals surface area contributed by atoms with Crippen LogP contribution in [0, 0.1) is 0 Å². The highest BCUT2D eigenvalue weighted by Gasteiger charge is 2.28. The minimum Gasteiger partial charge on any atom is -0.468 e. The van der Waals surface area contributed by atoms with Crippen molar-refractivity contribution in [3.05, 3.63) is 36.5 Å². The van der Waals surface area contributed by atoms with E-state index in [1.54, 1.807) is 0 Å². The summed E-state index contributed by atoms with van der Waals surface area (Å²) in [6, 6.07) is 2.53. The standard InChI is InChI=1S/C11H11F3N2O2/c1-2-5-15-10(17)8-3-4-9(16-6-8)18-7-11(12,13)14/h2-4,6H,1,5,7H2,(H,15,17). The van der Waals surface area contributed by atoms with Crippen molar-refractivity contribution in [2.75, 3.05) is 13.2 Å². The normalized spacial score (nSPS) is 10.8. The highest BCUT2D eigenvalue weighted by Crippen LogP contribution is 2.16. The molecule has 0 saturated heterocycles. The summed E-state index contributed by atoms with van der Waals surface area (Å²) in [6.07, 6.45) is -1.77. The molecule has 0 spiro atoms. The summed E-state index contributed by atoms with van der Waals surface area (Å²) < 4.78 is 40.0. The maximum Gasteiger partial charge on any atom is 0.422 e. The average molecular weight is 260 g/mol. The summed E-state index contributed by atoms with van der Waals surface area (Å²) in [6.45, 7) is 2.31. The Bertz CT molecular complexity index is 415. The lowest BCUT2D eigenvalue weighted by molar-refractivity contribution is -0.154. The molecule has 7 heteroatoms. The second-order valence-corrected chi connectivity index (χ2v) is 3.29. The van der Waals surface area contributed by atoms with Crippen LogP contribution in [-0.2, 0) is 0 Å². The predicted molar refractivity (Wildman–Crippen MR) is 58.3 cm³/mol. The van der Waals surface area contributed by atoms with E-state index in [1.165, 1.54) is 18.2 Å². The quantitative estimate of drug-likeness (QED) is 0.823. The number of aromatic nitrogens is 1. The monoisotopic (exact) mass is 260 g/mol. The number of pyridine rings is 1. The van der Waals surface area contributed by atoms with E-state index in [-0.39, 0.29) is 17.4 Å².